The van der Waals surface area contributed by atoms with Crippen molar-refractivity contribution in [1.82, 2.24) is 5.32 Å². The third-order valence-electron chi connectivity index (χ3n) is 4.84. The van der Waals surface area contributed by atoms with Gasteiger partial charge >= 0.3 is 11.9 Å². The average Bonchev–Trinajstić information content (AvgIpc) is 2.67. The predicted octanol–water partition coefficient (Wildman–Crippen LogP) is 3.11. The van der Waals surface area contributed by atoms with E-state index in [4.69, 9.17) is 4.74 Å². The number of ether oxygens (including phenoxy) is 2. The molecule has 3 atom stereocenters. The molecule has 6 nitrogen and oxygen atoms in total. The second-order valence-electron chi connectivity index (χ2n) is 6.90. The predicted molar refractivity (Wildman–Crippen MR) is 102 cm³/mol. The molecule has 1 aliphatic rings. The maximum Gasteiger partial charge on any atom is 0.337 e. The summed E-state index contributed by atoms with van der Waals surface area (Å²) in [5.41, 5.74) is 1.16. The molecule has 1 saturated carbocycles. The Labute approximate surface area is 159 Å². The lowest BCUT2D eigenvalue weighted by Crippen LogP contribution is -2.45. The first-order valence-corrected chi connectivity index (χ1v) is 9.28. The zero-order valence-electron chi connectivity index (χ0n) is 16.1. The summed E-state index contributed by atoms with van der Waals surface area (Å²) in [4.78, 5) is 35.6. The van der Waals surface area contributed by atoms with Crippen LogP contribution in [0.3, 0.4) is 0 Å². The van der Waals surface area contributed by atoms with Crippen molar-refractivity contribution in [3.63, 3.8) is 0 Å². The SMILES string of the molecule is COC(=O)c1ccc(/C=C/C(=O)O[C@H](C)C(=O)N[C@H]2CCCC[C@H]2C)cc1. The number of hydrogen-bond acceptors (Lipinski definition) is 5. The summed E-state index contributed by atoms with van der Waals surface area (Å²) in [6, 6.07) is 6.75. The van der Waals surface area contributed by atoms with Gasteiger partial charge in [0.15, 0.2) is 6.10 Å². The number of rotatable bonds is 6. The van der Waals surface area contributed by atoms with Crippen LogP contribution in [0.1, 0.15) is 55.5 Å². The maximum atomic E-state index is 12.2. The molecular weight excluding hydrogens is 346 g/mol. The molecule has 0 radical (unpaired) electrons. The number of amides is 1. The van der Waals surface area contributed by atoms with Crippen LogP contribution >= 0.6 is 0 Å². The summed E-state index contributed by atoms with van der Waals surface area (Å²) in [5.74, 6) is -0.833. The molecule has 1 N–H and O–H groups in total. The van der Waals surface area contributed by atoms with Crippen molar-refractivity contribution in [2.45, 2.75) is 51.7 Å². The molecule has 1 amide bonds. The van der Waals surface area contributed by atoms with Crippen LogP contribution in [0.15, 0.2) is 30.3 Å². The highest BCUT2D eigenvalue weighted by Crippen LogP contribution is 2.23. The summed E-state index contributed by atoms with van der Waals surface area (Å²) >= 11 is 0. The standard InChI is InChI=1S/C21H27NO5/c1-14-6-4-5-7-18(14)22-20(24)15(2)27-19(23)13-10-16-8-11-17(12-9-16)21(25)26-3/h8-15,18H,4-7H2,1-3H3,(H,22,24)/b13-10+/t14-,15-,18+/m1/s1. The van der Waals surface area contributed by atoms with Gasteiger partial charge in [-0.1, -0.05) is 31.9 Å². The molecule has 0 aromatic heterocycles. The van der Waals surface area contributed by atoms with Crippen LogP contribution < -0.4 is 5.32 Å². The highest BCUT2D eigenvalue weighted by molar-refractivity contribution is 5.91. The first-order chi connectivity index (χ1) is 12.9. The second kappa shape index (κ2) is 9.90. The van der Waals surface area contributed by atoms with Crippen LogP contribution in [0.2, 0.25) is 0 Å². The fourth-order valence-electron chi connectivity index (χ4n) is 3.11. The molecule has 27 heavy (non-hydrogen) atoms. The zero-order chi connectivity index (χ0) is 19.8. The van der Waals surface area contributed by atoms with Crippen molar-refractivity contribution in [3.8, 4) is 0 Å². The van der Waals surface area contributed by atoms with Crippen molar-refractivity contribution < 1.29 is 23.9 Å². The average molecular weight is 373 g/mol. The first-order valence-electron chi connectivity index (χ1n) is 9.28. The second-order valence-corrected chi connectivity index (χ2v) is 6.90. The minimum Gasteiger partial charge on any atom is -0.465 e. The molecule has 1 aliphatic carbocycles. The van der Waals surface area contributed by atoms with Gasteiger partial charge in [-0.2, -0.15) is 0 Å². The summed E-state index contributed by atoms with van der Waals surface area (Å²) in [6.45, 7) is 3.70. The van der Waals surface area contributed by atoms with E-state index in [1.165, 1.54) is 19.6 Å². The van der Waals surface area contributed by atoms with E-state index >= 15 is 0 Å². The van der Waals surface area contributed by atoms with E-state index in [2.05, 4.69) is 17.0 Å². The molecule has 0 aliphatic heterocycles. The monoisotopic (exact) mass is 373 g/mol. The molecule has 0 bridgehead atoms. The Morgan fingerprint density at radius 2 is 1.81 bits per heavy atom. The molecular formula is C21H27NO5. The van der Waals surface area contributed by atoms with Gasteiger partial charge in [0.2, 0.25) is 0 Å². The van der Waals surface area contributed by atoms with Gasteiger partial charge in [-0.3, -0.25) is 4.79 Å². The molecule has 1 fully saturated rings. The maximum absolute atomic E-state index is 12.2. The van der Waals surface area contributed by atoms with Gasteiger partial charge in [-0.05, 0) is 49.5 Å². The molecule has 0 spiro atoms. The van der Waals surface area contributed by atoms with E-state index in [1.54, 1.807) is 37.3 Å². The fraction of sp³-hybridized carbons (Fsp3) is 0.476. The van der Waals surface area contributed by atoms with Gasteiger partial charge in [0.25, 0.3) is 5.91 Å². The Hall–Kier alpha value is -2.63. The van der Waals surface area contributed by atoms with Gasteiger partial charge in [-0.15, -0.1) is 0 Å². The largest absolute Gasteiger partial charge is 0.465 e. The van der Waals surface area contributed by atoms with E-state index in [0.717, 1.165) is 24.8 Å². The van der Waals surface area contributed by atoms with E-state index in [1.807, 2.05) is 0 Å². The highest BCUT2D eigenvalue weighted by atomic mass is 16.5. The molecule has 0 unspecified atom stereocenters. The third-order valence-corrected chi connectivity index (χ3v) is 4.84. The smallest absolute Gasteiger partial charge is 0.337 e. The van der Waals surface area contributed by atoms with Crippen LogP contribution in [0.4, 0.5) is 0 Å². The lowest BCUT2D eigenvalue weighted by molar-refractivity contribution is -0.150. The molecule has 146 valence electrons. The number of carbonyl (C=O) groups excluding carboxylic acids is 3. The molecule has 0 saturated heterocycles. The van der Waals surface area contributed by atoms with Gasteiger partial charge in [0.05, 0.1) is 12.7 Å². The van der Waals surface area contributed by atoms with Crippen molar-refractivity contribution in [3.05, 3.63) is 41.5 Å². The number of esters is 2. The lowest BCUT2D eigenvalue weighted by atomic mass is 9.86. The van der Waals surface area contributed by atoms with E-state index in [0.29, 0.717) is 11.5 Å². The number of nitrogens with one attached hydrogen (secondary N) is 1. The van der Waals surface area contributed by atoms with Gasteiger partial charge < -0.3 is 14.8 Å². The highest BCUT2D eigenvalue weighted by Gasteiger charge is 2.25. The zero-order valence-corrected chi connectivity index (χ0v) is 16.1. The van der Waals surface area contributed by atoms with Gasteiger partial charge in [-0.25, -0.2) is 9.59 Å². The Bertz CT molecular complexity index is 695. The Morgan fingerprint density at radius 1 is 1.15 bits per heavy atom. The van der Waals surface area contributed by atoms with Crippen molar-refractivity contribution >= 4 is 23.9 Å². The summed E-state index contributed by atoms with van der Waals surface area (Å²) in [7, 11) is 1.32. The van der Waals surface area contributed by atoms with Crippen LogP contribution in [0.25, 0.3) is 6.08 Å². The Balaban J connectivity index is 1.83. The van der Waals surface area contributed by atoms with E-state index in [9.17, 15) is 14.4 Å². The first kappa shape index (κ1) is 20.7. The van der Waals surface area contributed by atoms with Crippen molar-refractivity contribution in [2.75, 3.05) is 7.11 Å². The normalized spacial score (nSPS) is 20.7. The molecule has 1 aromatic carbocycles. The number of benzene rings is 1. The third kappa shape index (κ3) is 6.24. The van der Waals surface area contributed by atoms with E-state index in [-0.39, 0.29) is 11.9 Å². The number of hydrogen-bond donors (Lipinski definition) is 1. The molecule has 1 aromatic rings. The topological polar surface area (TPSA) is 81.7 Å². The lowest BCUT2D eigenvalue weighted by Gasteiger charge is -2.30. The van der Waals surface area contributed by atoms with Crippen molar-refractivity contribution in [2.24, 2.45) is 5.92 Å². The van der Waals surface area contributed by atoms with Gasteiger partial charge in [0.1, 0.15) is 0 Å². The Morgan fingerprint density at radius 3 is 2.44 bits per heavy atom. The quantitative estimate of drug-likeness (QED) is 0.612. The number of carbonyl (C=O) groups is 3. The summed E-state index contributed by atoms with van der Waals surface area (Å²) in [6.07, 6.45) is 6.37. The number of methoxy groups -OCH3 is 1. The van der Waals surface area contributed by atoms with Gasteiger partial charge in [0, 0.05) is 12.1 Å². The molecule has 6 heteroatoms. The van der Waals surface area contributed by atoms with Crippen molar-refractivity contribution in [1.29, 1.82) is 0 Å². The Kier molecular flexibility index (Phi) is 7.58. The van der Waals surface area contributed by atoms with Crippen LogP contribution in [0.5, 0.6) is 0 Å². The minimum atomic E-state index is -0.849. The summed E-state index contributed by atoms with van der Waals surface area (Å²) < 4.78 is 9.81. The van der Waals surface area contributed by atoms with E-state index < -0.39 is 18.0 Å². The summed E-state index contributed by atoms with van der Waals surface area (Å²) in [5, 5.41) is 2.99. The fourth-order valence-corrected chi connectivity index (χ4v) is 3.11. The molecule has 0 heterocycles. The minimum absolute atomic E-state index is 0.149. The van der Waals surface area contributed by atoms with Crippen LogP contribution in [-0.4, -0.2) is 37.1 Å². The van der Waals surface area contributed by atoms with Crippen LogP contribution in [0, 0.1) is 5.92 Å². The molecule has 2 rings (SSSR count). The van der Waals surface area contributed by atoms with Crippen LogP contribution in [-0.2, 0) is 19.1 Å².